The largest absolute Gasteiger partial charge is 0.465 e. The summed E-state index contributed by atoms with van der Waals surface area (Å²) < 4.78 is 4.58. The molecule has 0 bridgehead atoms. The number of aliphatic hydroxyl groups is 2. The van der Waals surface area contributed by atoms with E-state index in [-0.39, 0.29) is 5.69 Å². The Hall–Kier alpha value is -2.45. The van der Waals surface area contributed by atoms with Crippen LogP contribution in [0.5, 0.6) is 0 Å². The Kier molecular flexibility index (Phi) is 3.68. The number of amides is 1. The van der Waals surface area contributed by atoms with Crippen molar-refractivity contribution in [3.8, 4) is 0 Å². The molecule has 1 aromatic heterocycles. The van der Waals surface area contributed by atoms with Gasteiger partial charge < -0.3 is 20.7 Å². The molecular formula is C12H13N3O5. The molecule has 5 N–H and O–H groups in total. The molecule has 1 aromatic carbocycles. The summed E-state index contributed by atoms with van der Waals surface area (Å²) in [5.41, 5.74) is 5.75. The zero-order valence-corrected chi connectivity index (χ0v) is 10.5. The van der Waals surface area contributed by atoms with Crippen molar-refractivity contribution in [3.05, 3.63) is 29.5 Å². The highest BCUT2D eigenvalue weighted by atomic mass is 16.5. The van der Waals surface area contributed by atoms with Gasteiger partial charge in [-0.25, -0.2) is 4.79 Å². The Labute approximate surface area is 113 Å². The maximum absolute atomic E-state index is 11.4. The highest BCUT2D eigenvalue weighted by Crippen LogP contribution is 2.25. The van der Waals surface area contributed by atoms with Gasteiger partial charge in [-0.2, -0.15) is 5.10 Å². The highest BCUT2D eigenvalue weighted by Gasteiger charge is 2.26. The summed E-state index contributed by atoms with van der Waals surface area (Å²) in [5, 5.41) is 26.2. The molecule has 8 nitrogen and oxygen atoms in total. The topological polar surface area (TPSA) is 139 Å². The van der Waals surface area contributed by atoms with Gasteiger partial charge in [-0.05, 0) is 18.2 Å². The van der Waals surface area contributed by atoms with Crippen LogP contribution in [0.2, 0.25) is 0 Å². The van der Waals surface area contributed by atoms with E-state index < -0.39 is 24.1 Å². The number of benzene rings is 1. The highest BCUT2D eigenvalue weighted by molar-refractivity contribution is 5.95. The number of methoxy groups -OCH3 is 1. The molecule has 0 radical (unpaired) electrons. The van der Waals surface area contributed by atoms with Crippen LogP contribution in [-0.4, -0.2) is 45.5 Å². The molecule has 2 rings (SSSR count). The van der Waals surface area contributed by atoms with Crippen LogP contribution >= 0.6 is 0 Å². The monoisotopic (exact) mass is 279 g/mol. The number of esters is 1. The molecule has 2 unspecified atom stereocenters. The maximum atomic E-state index is 11.4. The molecule has 0 aliphatic carbocycles. The predicted molar refractivity (Wildman–Crippen MR) is 67.6 cm³/mol. The third kappa shape index (κ3) is 2.33. The number of aromatic amines is 1. The molecule has 106 valence electrons. The van der Waals surface area contributed by atoms with Crippen molar-refractivity contribution in [2.45, 2.75) is 12.2 Å². The van der Waals surface area contributed by atoms with Gasteiger partial charge in [-0.15, -0.1) is 0 Å². The van der Waals surface area contributed by atoms with E-state index in [0.29, 0.717) is 16.5 Å². The number of fused-ring (bicyclic) bond motifs is 1. The van der Waals surface area contributed by atoms with Crippen molar-refractivity contribution < 1.29 is 24.5 Å². The molecular weight excluding hydrogens is 266 g/mol. The first kappa shape index (κ1) is 14.0. The second kappa shape index (κ2) is 5.27. The fourth-order valence-corrected chi connectivity index (χ4v) is 1.82. The summed E-state index contributed by atoms with van der Waals surface area (Å²) in [5.74, 6) is -1.57. The summed E-state index contributed by atoms with van der Waals surface area (Å²) in [6.45, 7) is 0. The number of aromatic nitrogens is 2. The molecule has 20 heavy (non-hydrogen) atoms. The molecule has 0 saturated heterocycles. The Morgan fingerprint density at radius 2 is 2.10 bits per heavy atom. The molecule has 8 heteroatoms. The quantitative estimate of drug-likeness (QED) is 0.542. The van der Waals surface area contributed by atoms with E-state index in [4.69, 9.17) is 5.73 Å². The van der Waals surface area contributed by atoms with Gasteiger partial charge in [-0.3, -0.25) is 9.89 Å². The van der Waals surface area contributed by atoms with Gasteiger partial charge in [0.2, 0.25) is 5.91 Å². The fourth-order valence-electron chi connectivity index (χ4n) is 1.82. The molecule has 2 atom stereocenters. The number of hydrogen-bond acceptors (Lipinski definition) is 6. The Morgan fingerprint density at radius 3 is 2.70 bits per heavy atom. The molecule has 0 fully saturated rings. The van der Waals surface area contributed by atoms with Crippen molar-refractivity contribution in [2.24, 2.45) is 5.73 Å². The van der Waals surface area contributed by atoms with Crippen LogP contribution < -0.4 is 5.73 Å². The summed E-state index contributed by atoms with van der Waals surface area (Å²) in [4.78, 5) is 22.3. The second-order valence-electron chi connectivity index (χ2n) is 4.15. The number of nitrogens with zero attached hydrogens (tertiary/aromatic N) is 1. The number of carbonyl (C=O) groups is 2. The smallest absolute Gasteiger partial charge is 0.337 e. The van der Waals surface area contributed by atoms with Crippen LogP contribution in [0.3, 0.4) is 0 Å². The lowest BCUT2D eigenvalue weighted by atomic mass is 10.0. The maximum Gasteiger partial charge on any atom is 0.337 e. The molecule has 0 aliphatic heterocycles. The van der Waals surface area contributed by atoms with Gasteiger partial charge in [0, 0.05) is 5.39 Å². The summed E-state index contributed by atoms with van der Waals surface area (Å²) in [6.07, 6.45) is -3.28. The van der Waals surface area contributed by atoms with Crippen LogP contribution in [-0.2, 0) is 9.53 Å². The van der Waals surface area contributed by atoms with Gasteiger partial charge in [0.25, 0.3) is 0 Å². The summed E-state index contributed by atoms with van der Waals surface area (Å²) >= 11 is 0. The van der Waals surface area contributed by atoms with E-state index >= 15 is 0 Å². The number of primary amides is 1. The third-order valence-electron chi connectivity index (χ3n) is 2.89. The minimum Gasteiger partial charge on any atom is -0.465 e. The van der Waals surface area contributed by atoms with E-state index in [1.165, 1.54) is 25.3 Å². The van der Waals surface area contributed by atoms with E-state index in [1.54, 1.807) is 0 Å². The molecule has 0 aliphatic rings. The van der Waals surface area contributed by atoms with E-state index in [9.17, 15) is 19.8 Å². The minimum absolute atomic E-state index is 0.141. The Balaban J connectivity index is 2.43. The second-order valence-corrected chi connectivity index (χ2v) is 4.15. The molecule has 1 heterocycles. The fraction of sp³-hybridized carbons (Fsp3) is 0.250. The van der Waals surface area contributed by atoms with Crippen LogP contribution in [0.1, 0.15) is 22.2 Å². The number of nitrogens with two attached hydrogens (primary N) is 1. The van der Waals surface area contributed by atoms with Crippen LogP contribution in [0.25, 0.3) is 10.9 Å². The SMILES string of the molecule is COC(=O)c1ccc2c(C(O)C(O)C(N)=O)[nH]nc2c1. The molecule has 1 amide bonds. The van der Waals surface area contributed by atoms with Gasteiger partial charge in [0.1, 0.15) is 6.10 Å². The van der Waals surface area contributed by atoms with E-state index in [1.807, 2.05) is 0 Å². The molecule has 0 spiro atoms. The first-order valence-corrected chi connectivity index (χ1v) is 5.67. The lowest BCUT2D eigenvalue weighted by Gasteiger charge is -2.13. The van der Waals surface area contributed by atoms with Crippen molar-refractivity contribution in [3.63, 3.8) is 0 Å². The molecule has 0 saturated carbocycles. The van der Waals surface area contributed by atoms with Crippen molar-refractivity contribution in [2.75, 3.05) is 7.11 Å². The average molecular weight is 279 g/mol. The lowest BCUT2D eigenvalue weighted by Crippen LogP contribution is -2.34. The number of carbonyl (C=O) groups excluding carboxylic acids is 2. The van der Waals surface area contributed by atoms with Crippen LogP contribution in [0.15, 0.2) is 18.2 Å². The number of rotatable bonds is 4. The minimum atomic E-state index is -1.75. The predicted octanol–water partition coefficient (Wildman–Crippen LogP) is -0.771. The number of ether oxygens (including phenoxy) is 1. The van der Waals surface area contributed by atoms with Gasteiger partial charge in [0.05, 0.1) is 23.9 Å². The number of hydrogen-bond donors (Lipinski definition) is 4. The first-order valence-electron chi connectivity index (χ1n) is 5.67. The molecule has 2 aromatic rings. The Bertz CT molecular complexity index is 666. The normalized spacial score (nSPS) is 13.9. The first-order chi connectivity index (χ1) is 9.45. The summed E-state index contributed by atoms with van der Waals surface area (Å²) in [7, 11) is 1.26. The van der Waals surface area contributed by atoms with Crippen LogP contribution in [0.4, 0.5) is 0 Å². The van der Waals surface area contributed by atoms with Crippen molar-refractivity contribution in [1.29, 1.82) is 0 Å². The number of aliphatic hydroxyl groups excluding tert-OH is 2. The average Bonchev–Trinajstić information content (AvgIpc) is 2.87. The van der Waals surface area contributed by atoms with Crippen molar-refractivity contribution >= 4 is 22.8 Å². The van der Waals surface area contributed by atoms with Gasteiger partial charge in [-0.1, -0.05) is 0 Å². The van der Waals surface area contributed by atoms with E-state index in [2.05, 4.69) is 14.9 Å². The number of nitrogens with one attached hydrogen (secondary N) is 1. The lowest BCUT2D eigenvalue weighted by molar-refractivity contribution is -0.132. The zero-order chi connectivity index (χ0) is 14.9. The Morgan fingerprint density at radius 1 is 1.40 bits per heavy atom. The number of H-pyrrole nitrogens is 1. The zero-order valence-electron chi connectivity index (χ0n) is 10.5. The van der Waals surface area contributed by atoms with Crippen molar-refractivity contribution in [1.82, 2.24) is 10.2 Å². The third-order valence-corrected chi connectivity index (χ3v) is 2.89. The van der Waals surface area contributed by atoms with Gasteiger partial charge in [0.15, 0.2) is 6.10 Å². The van der Waals surface area contributed by atoms with Gasteiger partial charge >= 0.3 is 5.97 Å². The van der Waals surface area contributed by atoms with E-state index in [0.717, 1.165) is 0 Å². The summed E-state index contributed by atoms with van der Waals surface area (Å²) in [6, 6.07) is 4.47. The standard InChI is InChI=1S/C12H13N3O5/c1-20-12(19)5-2-3-6-7(4-5)14-15-8(6)9(16)10(17)11(13)18/h2-4,9-10,16-17H,1H3,(H2,13,18)(H,14,15). The van der Waals surface area contributed by atoms with Crippen LogP contribution in [0, 0.1) is 0 Å².